The quantitative estimate of drug-likeness (QED) is 0.554. The largest absolute Gasteiger partial charge is 0.383 e. The van der Waals surface area contributed by atoms with Crippen LogP contribution in [0.3, 0.4) is 0 Å². The van der Waals surface area contributed by atoms with Gasteiger partial charge in [-0.3, -0.25) is 19.1 Å². The van der Waals surface area contributed by atoms with Crippen molar-refractivity contribution >= 4 is 23.1 Å². The van der Waals surface area contributed by atoms with Gasteiger partial charge in [0.15, 0.2) is 0 Å². The molecule has 1 amide bonds. The van der Waals surface area contributed by atoms with Gasteiger partial charge < -0.3 is 16.0 Å². The summed E-state index contributed by atoms with van der Waals surface area (Å²) in [5, 5.41) is 2.85. The van der Waals surface area contributed by atoms with Crippen LogP contribution in [0.4, 0.5) is 17.2 Å². The van der Waals surface area contributed by atoms with Gasteiger partial charge in [0.1, 0.15) is 11.5 Å². The Balaban J connectivity index is 1.89. The first-order chi connectivity index (χ1) is 14.4. The second-order valence-corrected chi connectivity index (χ2v) is 6.94. The number of nitrogen functional groups attached to an aromatic ring is 1. The number of aromatic nitrogens is 2. The van der Waals surface area contributed by atoms with Gasteiger partial charge in [0.25, 0.3) is 5.56 Å². The molecule has 0 saturated heterocycles. The highest BCUT2D eigenvalue weighted by Gasteiger charge is 2.20. The average Bonchev–Trinajstić information content (AvgIpc) is 2.72. The van der Waals surface area contributed by atoms with Crippen LogP contribution in [0.5, 0.6) is 0 Å². The molecule has 3 aromatic rings. The molecule has 0 atom stereocenters. The monoisotopic (exact) mass is 407 g/mol. The fraction of sp³-hybridized carbons (Fsp3) is 0.227. The van der Waals surface area contributed by atoms with Gasteiger partial charge >= 0.3 is 5.69 Å². The maximum atomic E-state index is 12.6. The summed E-state index contributed by atoms with van der Waals surface area (Å²) >= 11 is 0. The van der Waals surface area contributed by atoms with Gasteiger partial charge in [0, 0.05) is 12.2 Å². The molecule has 0 aliphatic heterocycles. The van der Waals surface area contributed by atoms with E-state index >= 15 is 0 Å². The molecule has 0 aliphatic carbocycles. The van der Waals surface area contributed by atoms with E-state index in [2.05, 4.69) is 10.3 Å². The van der Waals surface area contributed by atoms with E-state index in [-0.39, 0.29) is 30.5 Å². The van der Waals surface area contributed by atoms with Gasteiger partial charge in [0.2, 0.25) is 5.91 Å². The van der Waals surface area contributed by atoms with Crippen LogP contribution < -0.4 is 27.2 Å². The molecule has 0 saturated carbocycles. The maximum Gasteiger partial charge on any atom is 0.330 e. The smallest absolute Gasteiger partial charge is 0.330 e. The van der Waals surface area contributed by atoms with Crippen molar-refractivity contribution in [1.29, 1.82) is 0 Å². The lowest BCUT2D eigenvalue weighted by Crippen LogP contribution is -2.41. The number of rotatable bonds is 7. The first-order valence-electron chi connectivity index (χ1n) is 9.67. The van der Waals surface area contributed by atoms with Crippen molar-refractivity contribution in [3.8, 4) is 0 Å². The Labute approximate surface area is 174 Å². The van der Waals surface area contributed by atoms with E-state index in [1.165, 1.54) is 4.57 Å². The third-order valence-corrected chi connectivity index (χ3v) is 4.85. The predicted molar refractivity (Wildman–Crippen MR) is 119 cm³/mol. The first-order valence-corrected chi connectivity index (χ1v) is 9.67. The zero-order valence-corrected chi connectivity index (χ0v) is 17.0. The highest BCUT2D eigenvalue weighted by molar-refractivity contribution is 5.95. The second kappa shape index (κ2) is 9.13. The number of para-hydroxylation sites is 1. The fourth-order valence-electron chi connectivity index (χ4n) is 3.23. The lowest BCUT2D eigenvalue weighted by molar-refractivity contribution is -0.115. The second-order valence-electron chi connectivity index (χ2n) is 6.94. The van der Waals surface area contributed by atoms with E-state index in [4.69, 9.17) is 5.73 Å². The number of hydrogen-bond acceptors (Lipinski definition) is 5. The van der Waals surface area contributed by atoms with Crippen molar-refractivity contribution in [3.05, 3.63) is 86.6 Å². The summed E-state index contributed by atoms with van der Waals surface area (Å²) in [5.74, 6) is -0.260. The van der Waals surface area contributed by atoms with Crippen LogP contribution in [-0.2, 0) is 11.3 Å². The molecule has 0 radical (unpaired) electrons. The summed E-state index contributed by atoms with van der Waals surface area (Å²) in [6.07, 6.45) is 0. The number of nitrogens with zero attached hydrogens (tertiary/aromatic N) is 2. The fourth-order valence-corrected chi connectivity index (χ4v) is 3.23. The molecule has 8 nitrogen and oxygen atoms in total. The molecule has 4 N–H and O–H groups in total. The molecule has 0 unspecified atom stereocenters. The van der Waals surface area contributed by atoms with E-state index in [0.29, 0.717) is 12.2 Å². The van der Waals surface area contributed by atoms with Crippen LogP contribution in [0.15, 0.2) is 64.2 Å². The molecule has 3 rings (SSSR count). The summed E-state index contributed by atoms with van der Waals surface area (Å²) < 4.78 is 1.30. The Morgan fingerprint density at radius 1 is 1.10 bits per heavy atom. The van der Waals surface area contributed by atoms with E-state index in [1.807, 2.05) is 68.4 Å². The molecule has 0 spiro atoms. The summed E-state index contributed by atoms with van der Waals surface area (Å²) in [6, 6.07) is 16.8. The van der Waals surface area contributed by atoms with Crippen LogP contribution >= 0.6 is 0 Å². The third-order valence-electron chi connectivity index (χ3n) is 4.85. The minimum Gasteiger partial charge on any atom is -0.383 e. The van der Waals surface area contributed by atoms with Crippen LogP contribution in [0.2, 0.25) is 0 Å². The maximum absolute atomic E-state index is 12.6. The molecule has 0 aliphatic rings. The van der Waals surface area contributed by atoms with Crippen molar-refractivity contribution in [3.63, 3.8) is 0 Å². The number of hydrogen-bond donors (Lipinski definition) is 3. The van der Waals surface area contributed by atoms with Gasteiger partial charge in [0.05, 0.1) is 13.1 Å². The highest BCUT2D eigenvalue weighted by Crippen LogP contribution is 2.18. The minimum absolute atomic E-state index is 0.0261. The lowest BCUT2D eigenvalue weighted by Gasteiger charge is -2.24. The van der Waals surface area contributed by atoms with Crippen LogP contribution in [-0.4, -0.2) is 28.5 Å². The number of likely N-dealkylation sites (N-methyl/N-ethyl adjacent to an activating group) is 1. The SMILES string of the molecule is CCN(CC(=O)Nc1ccccc1C)c1c(N)n(Cc2ccccc2)c(=O)[nH]c1=O. The average molecular weight is 407 g/mol. The van der Waals surface area contributed by atoms with Gasteiger partial charge in [-0.25, -0.2) is 4.79 Å². The molecule has 8 heteroatoms. The number of aryl methyl sites for hydroxylation is 1. The Morgan fingerprint density at radius 3 is 2.43 bits per heavy atom. The number of H-pyrrole nitrogens is 1. The normalized spacial score (nSPS) is 10.6. The van der Waals surface area contributed by atoms with Crippen molar-refractivity contribution < 1.29 is 4.79 Å². The Hall–Kier alpha value is -3.81. The lowest BCUT2D eigenvalue weighted by atomic mass is 10.2. The van der Waals surface area contributed by atoms with Crippen molar-refractivity contribution in [1.82, 2.24) is 9.55 Å². The minimum atomic E-state index is -0.618. The summed E-state index contributed by atoms with van der Waals surface area (Å²) in [5.41, 5.74) is 7.63. The summed E-state index contributed by atoms with van der Waals surface area (Å²) in [6.45, 7) is 4.20. The van der Waals surface area contributed by atoms with Gasteiger partial charge in [-0.1, -0.05) is 48.5 Å². The third kappa shape index (κ3) is 4.60. The van der Waals surface area contributed by atoms with Gasteiger partial charge in [-0.15, -0.1) is 0 Å². The number of benzene rings is 2. The predicted octanol–water partition coefficient (Wildman–Crippen LogP) is 1.94. The Kier molecular flexibility index (Phi) is 6.36. The standard InChI is InChI=1S/C22H25N5O3/c1-3-26(14-18(28)24-17-12-8-7-9-15(17)2)19-20(23)27(22(30)25-21(19)29)13-16-10-5-4-6-11-16/h4-12H,3,13-14,23H2,1-2H3,(H,24,28)(H,25,29,30). The van der Waals surface area contributed by atoms with Crippen LogP contribution in [0.25, 0.3) is 0 Å². The number of carbonyl (C=O) groups excluding carboxylic acids is 1. The molecule has 156 valence electrons. The molecule has 0 fully saturated rings. The number of nitrogens with one attached hydrogen (secondary N) is 2. The topological polar surface area (TPSA) is 113 Å². The van der Waals surface area contributed by atoms with Crippen molar-refractivity contribution in [2.75, 3.05) is 29.0 Å². The van der Waals surface area contributed by atoms with E-state index < -0.39 is 11.2 Å². The van der Waals surface area contributed by atoms with Gasteiger partial charge in [-0.2, -0.15) is 0 Å². The summed E-state index contributed by atoms with van der Waals surface area (Å²) in [4.78, 5) is 41.4. The number of anilines is 3. The summed E-state index contributed by atoms with van der Waals surface area (Å²) in [7, 11) is 0. The number of carbonyl (C=O) groups is 1. The molecule has 0 bridgehead atoms. The van der Waals surface area contributed by atoms with Crippen molar-refractivity contribution in [2.24, 2.45) is 0 Å². The van der Waals surface area contributed by atoms with Gasteiger partial charge in [-0.05, 0) is 31.0 Å². The first kappa shape index (κ1) is 20.9. The number of nitrogens with two attached hydrogens (primary N) is 1. The Morgan fingerprint density at radius 2 is 1.77 bits per heavy atom. The zero-order chi connectivity index (χ0) is 21.7. The molecule has 30 heavy (non-hydrogen) atoms. The van der Waals surface area contributed by atoms with Crippen molar-refractivity contribution in [2.45, 2.75) is 20.4 Å². The highest BCUT2D eigenvalue weighted by atomic mass is 16.2. The van der Waals surface area contributed by atoms with E-state index in [9.17, 15) is 14.4 Å². The van der Waals surface area contributed by atoms with Crippen LogP contribution in [0, 0.1) is 6.92 Å². The van der Waals surface area contributed by atoms with E-state index in [0.717, 1.165) is 11.1 Å². The molecule has 1 aromatic heterocycles. The molecular weight excluding hydrogens is 382 g/mol. The van der Waals surface area contributed by atoms with Crippen LogP contribution in [0.1, 0.15) is 18.1 Å². The Bertz CT molecular complexity index is 1150. The number of amides is 1. The molecule has 2 aromatic carbocycles. The molecule has 1 heterocycles. The van der Waals surface area contributed by atoms with E-state index in [1.54, 1.807) is 4.90 Å². The number of aromatic amines is 1. The molecular formula is C22H25N5O3. The zero-order valence-electron chi connectivity index (χ0n) is 17.0.